The number of ether oxygens (including phenoxy) is 1. The quantitative estimate of drug-likeness (QED) is 0.362. The third kappa shape index (κ3) is 4.42. The average Bonchev–Trinajstić information content (AvgIpc) is 3.61. The van der Waals surface area contributed by atoms with Crippen LogP contribution in [0.5, 0.6) is 0 Å². The van der Waals surface area contributed by atoms with E-state index in [1.165, 1.54) is 22.6 Å². The second-order valence-electron chi connectivity index (χ2n) is 11.0. The van der Waals surface area contributed by atoms with Crippen LogP contribution >= 0.6 is 0 Å². The molecular weight excluding hydrogens is 492 g/mol. The lowest BCUT2D eigenvalue weighted by atomic mass is 9.73. The second-order valence-corrected chi connectivity index (χ2v) is 11.0. The molecule has 2 bridgehead atoms. The van der Waals surface area contributed by atoms with Crippen molar-refractivity contribution in [2.45, 2.75) is 32.6 Å². The molecule has 0 spiro atoms. The molecule has 1 saturated heterocycles. The molecule has 5 atom stereocenters. The van der Waals surface area contributed by atoms with Crippen molar-refractivity contribution in [3.63, 3.8) is 0 Å². The number of carbonyl (C=O) groups excluding carboxylic acids is 4. The summed E-state index contributed by atoms with van der Waals surface area (Å²) in [5.74, 6) is -1.22. The van der Waals surface area contributed by atoms with Crippen molar-refractivity contribution >= 4 is 35.1 Å². The fraction of sp³-hybridized carbons (Fsp3) is 0.312. The number of carbonyl (C=O) groups is 4. The van der Waals surface area contributed by atoms with Crippen LogP contribution in [0.2, 0.25) is 0 Å². The van der Waals surface area contributed by atoms with Crippen LogP contribution in [0.4, 0.5) is 11.4 Å². The molecule has 2 aliphatic carbocycles. The van der Waals surface area contributed by atoms with Gasteiger partial charge in [0.05, 0.1) is 23.1 Å². The van der Waals surface area contributed by atoms with Gasteiger partial charge < -0.3 is 10.1 Å². The smallest absolute Gasteiger partial charge is 0.338 e. The van der Waals surface area contributed by atoms with Gasteiger partial charge in [-0.1, -0.05) is 48.0 Å². The van der Waals surface area contributed by atoms with Crippen LogP contribution < -0.4 is 10.2 Å². The lowest BCUT2D eigenvalue weighted by Crippen LogP contribution is -2.33. The number of nitrogens with one attached hydrogen (secondary N) is 1. The van der Waals surface area contributed by atoms with Crippen molar-refractivity contribution in [3.8, 4) is 0 Å². The third-order valence-corrected chi connectivity index (χ3v) is 8.59. The van der Waals surface area contributed by atoms with Crippen LogP contribution in [0, 0.1) is 37.5 Å². The first kappa shape index (κ1) is 25.0. The van der Waals surface area contributed by atoms with Gasteiger partial charge in [-0.2, -0.15) is 0 Å². The van der Waals surface area contributed by atoms with Crippen molar-refractivity contribution < 1.29 is 23.9 Å². The van der Waals surface area contributed by atoms with E-state index in [1.807, 2.05) is 50.2 Å². The van der Waals surface area contributed by atoms with Crippen LogP contribution in [0.1, 0.15) is 45.8 Å². The monoisotopic (exact) mass is 522 g/mol. The summed E-state index contributed by atoms with van der Waals surface area (Å²) in [6, 6.07) is 22.2. The topological polar surface area (TPSA) is 92.8 Å². The van der Waals surface area contributed by atoms with Crippen LogP contribution in [-0.4, -0.2) is 30.3 Å². The lowest BCUT2D eigenvalue weighted by molar-refractivity contribution is -0.123. The molecule has 3 aromatic rings. The van der Waals surface area contributed by atoms with E-state index < -0.39 is 18.5 Å². The Morgan fingerprint density at radius 3 is 2.33 bits per heavy atom. The molecule has 0 unspecified atom stereocenters. The molecule has 3 amide bonds. The standard InChI is InChI=1S/C32H30N2O5/c1-18-8-13-26(19(2)14-18)33-27(35)17-39-32(38)21-9-11-23(12-10-21)34-30(36)28-22-15-24(20-6-4-3-5-7-20)25(16-22)29(28)31(34)37/h3-14,22,24-25,28-29H,15-17H2,1-2H3,(H,33,35)/t22-,24-,25+,28+,29-/m0/s1. The molecule has 1 aliphatic heterocycles. The summed E-state index contributed by atoms with van der Waals surface area (Å²) in [6.45, 7) is 3.44. The normalized spacial score (nSPS) is 25.1. The fourth-order valence-electron chi connectivity index (χ4n) is 6.90. The summed E-state index contributed by atoms with van der Waals surface area (Å²) >= 11 is 0. The lowest BCUT2D eigenvalue weighted by Gasteiger charge is -2.28. The van der Waals surface area contributed by atoms with Crippen LogP contribution in [0.3, 0.4) is 0 Å². The van der Waals surface area contributed by atoms with Crippen molar-refractivity contribution in [1.29, 1.82) is 0 Å². The Balaban J connectivity index is 1.10. The van der Waals surface area contributed by atoms with Gasteiger partial charge in [0.2, 0.25) is 11.8 Å². The maximum Gasteiger partial charge on any atom is 0.338 e. The summed E-state index contributed by atoms with van der Waals surface area (Å²) in [7, 11) is 0. The molecule has 0 aromatic heterocycles. The predicted octanol–water partition coefficient (Wildman–Crippen LogP) is 5.03. The molecule has 3 aromatic carbocycles. The summed E-state index contributed by atoms with van der Waals surface area (Å²) in [5.41, 5.74) is 4.61. The summed E-state index contributed by atoms with van der Waals surface area (Å²) in [6.07, 6.45) is 1.85. The number of rotatable bonds is 6. The molecule has 7 heteroatoms. The van der Waals surface area contributed by atoms with E-state index in [0.717, 1.165) is 24.0 Å². The fourth-order valence-corrected chi connectivity index (χ4v) is 6.90. The minimum absolute atomic E-state index is 0.137. The number of hydrogen-bond acceptors (Lipinski definition) is 5. The van der Waals surface area contributed by atoms with Gasteiger partial charge >= 0.3 is 5.97 Å². The minimum Gasteiger partial charge on any atom is -0.452 e. The molecule has 1 heterocycles. The highest BCUT2D eigenvalue weighted by Crippen LogP contribution is 2.61. The van der Waals surface area contributed by atoms with Gasteiger partial charge in [-0.15, -0.1) is 0 Å². The highest BCUT2D eigenvalue weighted by atomic mass is 16.5. The Hall–Kier alpha value is -4.26. The first-order valence-corrected chi connectivity index (χ1v) is 13.4. The number of hydrogen-bond donors (Lipinski definition) is 1. The zero-order valence-corrected chi connectivity index (χ0v) is 21.9. The molecule has 3 aliphatic rings. The summed E-state index contributed by atoms with van der Waals surface area (Å²) in [5, 5.41) is 2.75. The van der Waals surface area contributed by atoms with Crippen molar-refractivity contribution in [1.82, 2.24) is 0 Å². The highest BCUT2D eigenvalue weighted by molar-refractivity contribution is 6.22. The van der Waals surface area contributed by atoms with Crippen molar-refractivity contribution in [3.05, 3.63) is 95.1 Å². The second kappa shape index (κ2) is 9.80. The number of imide groups is 1. The number of amides is 3. The van der Waals surface area contributed by atoms with Crippen LogP contribution in [0.25, 0.3) is 0 Å². The van der Waals surface area contributed by atoms with E-state index in [-0.39, 0.29) is 41.0 Å². The molecule has 2 saturated carbocycles. The maximum absolute atomic E-state index is 13.5. The van der Waals surface area contributed by atoms with E-state index in [0.29, 0.717) is 17.3 Å². The Morgan fingerprint density at radius 2 is 1.62 bits per heavy atom. The predicted molar refractivity (Wildman–Crippen MR) is 146 cm³/mol. The van der Waals surface area contributed by atoms with Gasteiger partial charge in [-0.3, -0.25) is 19.3 Å². The zero-order chi connectivity index (χ0) is 27.3. The van der Waals surface area contributed by atoms with Crippen LogP contribution in [0.15, 0.2) is 72.8 Å². The SMILES string of the molecule is Cc1ccc(NC(=O)COC(=O)c2ccc(N3C(=O)[C@@H]4[C@@H]5C[C@@H]([C@@H]4C3=O)[C@H](c3ccccc3)C5)cc2)c(C)c1. The number of fused-ring (bicyclic) bond motifs is 5. The number of aryl methyl sites for hydroxylation is 2. The van der Waals surface area contributed by atoms with E-state index in [2.05, 4.69) is 17.4 Å². The first-order chi connectivity index (χ1) is 18.8. The van der Waals surface area contributed by atoms with E-state index in [1.54, 1.807) is 12.1 Å². The number of benzene rings is 3. The molecule has 0 radical (unpaired) electrons. The van der Waals surface area contributed by atoms with E-state index >= 15 is 0 Å². The van der Waals surface area contributed by atoms with Gasteiger partial charge in [0.15, 0.2) is 6.61 Å². The van der Waals surface area contributed by atoms with Gasteiger partial charge in [0.1, 0.15) is 0 Å². The van der Waals surface area contributed by atoms with E-state index in [9.17, 15) is 19.2 Å². The summed E-state index contributed by atoms with van der Waals surface area (Å²) in [4.78, 5) is 53.0. The van der Waals surface area contributed by atoms with E-state index in [4.69, 9.17) is 4.74 Å². The van der Waals surface area contributed by atoms with Gasteiger partial charge in [0, 0.05) is 5.69 Å². The van der Waals surface area contributed by atoms with Crippen molar-refractivity contribution in [2.24, 2.45) is 23.7 Å². The van der Waals surface area contributed by atoms with Gasteiger partial charge in [0.25, 0.3) is 5.91 Å². The van der Waals surface area contributed by atoms with Crippen molar-refractivity contribution in [2.75, 3.05) is 16.8 Å². The number of anilines is 2. The highest BCUT2D eigenvalue weighted by Gasteiger charge is 2.64. The Morgan fingerprint density at radius 1 is 0.897 bits per heavy atom. The molecule has 6 rings (SSSR count). The van der Waals surface area contributed by atoms with Crippen LogP contribution in [-0.2, 0) is 19.1 Å². The molecular formula is C32H30N2O5. The molecule has 198 valence electrons. The molecule has 3 fully saturated rings. The number of nitrogens with zero attached hydrogens (tertiary/aromatic N) is 1. The molecule has 39 heavy (non-hydrogen) atoms. The third-order valence-electron chi connectivity index (χ3n) is 8.59. The molecule has 1 N–H and O–H groups in total. The largest absolute Gasteiger partial charge is 0.452 e. The first-order valence-electron chi connectivity index (χ1n) is 13.4. The maximum atomic E-state index is 13.5. The molecule has 7 nitrogen and oxygen atoms in total. The average molecular weight is 523 g/mol. The van der Waals surface area contributed by atoms with Gasteiger partial charge in [-0.05, 0) is 85.9 Å². The summed E-state index contributed by atoms with van der Waals surface area (Å²) < 4.78 is 5.19. The number of esters is 1. The zero-order valence-electron chi connectivity index (χ0n) is 21.9. The van der Waals surface area contributed by atoms with Gasteiger partial charge in [-0.25, -0.2) is 4.79 Å². The Labute approximate surface area is 227 Å². The Bertz CT molecular complexity index is 1470. The Kier molecular flexibility index (Phi) is 6.29. The minimum atomic E-state index is -0.656.